The van der Waals surface area contributed by atoms with Gasteiger partial charge in [-0.3, -0.25) is 0 Å². The van der Waals surface area contributed by atoms with Crippen molar-refractivity contribution >= 4 is 0 Å². The van der Waals surface area contributed by atoms with Crippen molar-refractivity contribution < 1.29 is 9.84 Å². The Morgan fingerprint density at radius 1 is 1.32 bits per heavy atom. The molecule has 1 aliphatic carbocycles. The van der Waals surface area contributed by atoms with Crippen LogP contribution in [0.1, 0.15) is 56.8 Å². The quantitative estimate of drug-likeness (QED) is 0.764. The molecule has 1 aromatic carbocycles. The zero-order valence-corrected chi connectivity index (χ0v) is 12.1. The number of fused-ring (bicyclic) bond motifs is 1. The number of rotatable bonds is 0. The van der Waals surface area contributed by atoms with Crippen LogP contribution in [0, 0.1) is 18.8 Å². The van der Waals surface area contributed by atoms with Gasteiger partial charge in [-0.1, -0.05) is 25.5 Å². The van der Waals surface area contributed by atoms with Crippen LogP contribution in [-0.2, 0) is 0 Å². The summed E-state index contributed by atoms with van der Waals surface area (Å²) in [6.45, 7) is 6.66. The van der Waals surface area contributed by atoms with Crippen LogP contribution in [0.3, 0.4) is 0 Å². The first-order valence-corrected chi connectivity index (χ1v) is 7.48. The summed E-state index contributed by atoms with van der Waals surface area (Å²) < 4.78 is 6.39. The van der Waals surface area contributed by atoms with Crippen molar-refractivity contribution in [2.45, 2.75) is 58.2 Å². The second-order valence-corrected chi connectivity index (χ2v) is 6.71. The lowest BCUT2D eigenvalue weighted by Crippen LogP contribution is -2.49. The summed E-state index contributed by atoms with van der Waals surface area (Å²) in [5, 5.41) is 10.5. The lowest BCUT2D eigenvalue weighted by atomic mass is 9.68. The van der Waals surface area contributed by atoms with E-state index < -0.39 is 0 Å². The number of aliphatic hydroxyl groups excluding tert-OH is 1. The fraction of sp³-hybridized carbons (Fsp3) is 0.647. The number of benzene rings is 1. The topological polar surface area (TPSA) is 29.5 Å². The molecule has 4 unspecified atom stereocenters. The van der Waals surface area contributed by atoms with E-state index in [1.54, 1.807) is 0 Å². The Kier molecular flexibility index (Phi) is 3.09. The maximum atomic E-state index is 10.5. The molecule has 2 heteroatoms. The molecule has 1 heterocycles. The molecule has 0 amide bonds. The Labute approximate surface area is 115 Å². The monoisotopic (exact) mass is 260 g/mol. The van der Waals surface area contributed by atoms with Gasteiger partial charge in [0.2, 0.25) is 0 Å². The van der Waals surface area contributed by atoms with Crippen molar-refractivity contribution in [1.29, 1.82) is 0 Å². The average molecular weight is 260 g/mol. The molecule has 1 spiro atoms. The molecule has 104 valence electrons. The molecule has 19 heavy (non-hydrogen) atoms. The second-order valence-electron chi connectivity index (χ2n) is 6.71. The van der Waals surface area contributed by atoms with Crippen LogP contribution in [0.15, 0.2) is 18.2 Å². The largest absolute Gasteiger partial charge is 0.487 e. The molecular weight excluding hydrogens is 236 g/mol. The highest BCUT2D eigenvalue weighted by atomic mass is 16.5. The third-order valence-corrected chi connectivity index (χ3v) is 5.09. The van der Waals surface area contributed by atoms with Gasteiger partial charge in [0.25, 0.3) is 0 Å². The van der Waals surface area contributed by atoms with Crippen LogP contribution in [0.25, 0.3) is 0 Å². The molecule has 0 aromatic heterocycles. The van der Waals surface area contributed by atoms with Gasteiger partial charge in [-0.15, -0.1) is 0 Å². The van der Waals surface area contributed by atoms with Gasteiger partial charge < -0.3 is 9.84 Å². The van der Waals surface area contributed by atoms with Crippen LogP contribution in [0.5, 0.6) is 5.75 Å². The summed E-state index contributed by atoms with van der Waals surface area (Å²) in [7, 11) is 0. The zero-order valence-electron chi connectivity index (χ0n) is 12.1. The van der Waals surface area contributed by atoms with Crippen LogP contribution in [0.2, 0.25) is 0 Å². The molecule has 1 aliphatic heterocycles. The first-order valence-electron chi connectivity index (χ1n) is 7.48. The molecule has 0 bridgehead atoms. The van der Waals surface area contributed by atoms with Crippen LogP contribution in [-0.4, -0.2) is 10.7 Å². The number of ether oxygens (including phenoxy) is 1. The fourth-order valence-electron chi connectivity index (χ4n) is 3.85. The molecular formula is C17H24O2. The summed E-state index contributed by atoms with van der Waals surface area (Å²) in [6.07, 6.45) is 3.85. The van der Waals surface area contributed by atoms with Gasteiger partial charge in [-0.05, 0) is 50.2 Å². The summed E-state index contributed by atoms with van der Waals surface area (Å²) in [5.74, 6) is 2.19. The van der Waals surface area contributed by atoms with E-state index >= 15 is 0 Å². The normalized spacial score (nSPS) is 37.8. The fourth-order valence-corrected chi connectivity index (χ4v) is 3.85. The van der Waals surface area contributed by atoms with Gasteiger partial charge in [0.1, 0.15) is 11.4 Å². The Hall–Kier alpha value is -1.02. The Morgan fingerprint density at radius 2 is 2.11 bits per heavy atom. The zero-order chi connectivity index (χ0) is 13.6. The van der Waals surface area contributed by atoms with E-state index in [1.165, 1.54) is 18.4 Å². The van der Waals surface area contributed by atoms with Gasteiger partial charge >= 0.3 is 0 Å². The molecule has 1 fully saturated rings. The summed E-state index contributed by atoms with van der Waals surface area (Å²) in [6, 6.07) is 6.16. The highest BCUT2D eigenvalue weighted by Crippen LogP contribution is 2.49. The van der Waals surface area contributed by atoms with Crippen molar-refractivity contribution in [1.82, 2.24) is 0 Å². The molecule has 1 N–H and O–H groups in total. The van der Waals surface area contributed by atoms with E-state index in [2.05, 4.69) is 32.9 Å². The predicted octanol–water partition coefficient (Wildman–Crippen LogP) is 4.01. The van der Waals surface area contributed by atoms with Gasteiger partial charge in [-0.25, -0.2) is 0 Å². The Balaban J connectivity index is 1.94. The summed E-state index contributed by atoms with van der Waals surface area (Å²) in [5.41, 5.74) is 2.01. The summed E-state index contributed by atoms with van der Waals surface area (Å²) >= 11 is 0. The molecule has 4 atom stereocenters. The minimum Gasteiger partial charge on any atom is -0.487 e. The van der Waals surface area contributed by atoms with Gasteiger partial charge in [0, 0.05) is 12.0 Å². The number of aliphatic hydroxyl groups is 1. The Bertz CT molecular complexity index is 482. The lowest BCUT2D eigenvalue weighted by molar-refractivity contribution is -0.0802. The van der Waals surface area contributed by atoms with Gasteiger partial charge in [0.15, 0.2) is 0 Å². The molecule has 0 saturated heterocycles. The highest BCUT2D eigenvalue weighted by molar-refractivity contribution is 5.41. The molecule has 2 nitrogen and oxygen atoms in total. The van der Waals surface area contributed by atoms with Crippen LogP contribution in [0.4, 0.5) is 0 Å². The van der Waals surface area contributed by atoms with E-state index in [9.17, 15) is 5.11 Å². The van der Waals surface area contributed by atoms with Crippen molar-refractivity contribution in [2.75, 3.05) is 0 Å². The molecule has 1 aromatic rings. The molecule has 3 rings (SSSR count). The number of hydrogen-bond acceptors (Lipinski definition) is 2. The van der Waals surface area contributed by atoms with Crippen molar-refractivity contribution in [3.63, 3.8) is 0 Å². The number of aryl methyl sites for hydroxylation is 1. The maximum Gasteiger partial charge on any atom is 0.125 e. The van der Waals surface area contributed by atoms with E-state index in [4.69, 9.17) is 4.74 Å². The van der Waals surface area contributed by atoms with Crippen LogP contribution >= 0.6 is 0 Å². The standard InChI is InChI=1S/C17H24O2/c1-11-4-5-16-14(9-11)15(18)10-17(19-16)7-6-12(2)8-13(17)3/h4-5,9,12-13,15,18H,6-8,10H2,1-3H3. The second kappa shape index (κ2) is 4.52. The van der Waals surface area contributed by atoms with Gasteiger partial charge in [0.05, 0.1) is 6.10 Å². The SMILES string of the molecule is Cc1ccc2c(c1)C(O)CC1(CCC(C)CC1C)O2. The van der Waals surface area contributed by atoms with E-state index in [0.29, 0.717) is 5.92 Å². The third-order valence-electron chi connectivity index (χ3n) is 5.09. The lowest BCUT2D eigenvalue weighted by Gasteiger charge is -2.48. The molecule has 2 aliphatic rings. The van der Waals surface area contributed by atoms with E-state index in [0.717, 1.165) is 30.1 Å². The predicted molar refractivity (Wildman–Crippen MR) is 76.3 cm³/mol. The average Bonchev–Trinajstić information content (AvgIpc) is 2.36. The highest BCUT2D eigenvalue weighted by Gasteiger charge is 2.47. The van der Waals surface area contributed by atoms with E-state index in [-0.39, 0.29) is 11.7 Å². The van der Waals surface area contributed by atoms with Crippen molar-refractivity contribution in [2.24, 2.45) is 11.8 Å². The minimum atomic E-state index is -0.375. The van der Waals surface area contributed by atoms with Crippen molar-refractivity contribution in [3.05, 3.63) is 29.3 Å². The van der Waals surface area contributed by atoms with Gasteiger partial charge in [-0.2, -0.15) is 0 Å². The maximum absolute atomic E-state index is 10.5. The summed E-state index contributed by atoms with van der Waals surface area (Å²) in [4.78, 5) is 0. The van der Waals surface area contributed by atoms with Crippen LogP contribution < -0.4 is 4.74 Å². The van der Waals surface area contributed by atoms with Crippen molar-refractivity contribution in [3.8, 4) is 5.75 Å². The first-order chi connectivity index (χ1) is 9.00. The van der Waals surface area contributed by atoms with E-state index in [1.807, 2.05) is 6.07 Å². The smallest absolute Gasteiger partial charge is 0.125 e. The molecule has 1 saturated carbocycles. The minimum absolute atomic E-state index is 0.145. The first kappa shape index (κ1) is 13.0. The molecule has 0 radical (unpaired) electrons. The number of hydrogen-bond donors (Lipinski definition) is 1. The Morgan fingerprint density at radius 3 is 2.84 bits per heavy atom. The third kappa shape index (κ3) is 2.16.